The van der Waals surface area contributed by atoms with Crippen LogP contribution in [0.25, 0.3) is 0 Å². The van der Waals surface area contributed by atoms with Crippen molar-refractivity contribution in [1.29, 1.82) is 0 Å². The lowest BCUT2D eigenvalue weighted by molar-refractivity contribution is 0.0963. The Labute approximate surface area is 197 Å². The summed E-state index contributed by atoms with van der Waals surface area (Å²) in [6.45, 7) is 3.88. The van der Waals surface area contributed by atoms with E-state index >= 15 is 0 Å². The number of carbonyl (C=O) groups is 1. The summed E-state index contributed by atoms with van der Waals surface area (Å²) in [7, 11) is 1.61. The van der Waals surface area contributed by atoms with Gasteiger partial charge in [-0.1, -0.05) is 34.1 Å². The minimum Gasteiger partial charge on any atom is -0.357 e. The van der Waals surface area contributed by atoms with Crippen LogP contribution in [0, 0.1) is 5.82 Å². The Bertz CT molecular complexity index is 832. The maximum atomic E-state index is 13.9. The molecular formula is C21H27BrFIN4O. The van der Waals surface area contributed by atoms with Crippen molar-refractivity contribution in [2.75, 3.05) is 20.1 Å². The van der Waals surface area contributed by atoms with Gasteiger partial charge in [-0.2, -0.15) is 0 Å². The van der Waals surface area contributed by atoms with Crippen LogP contribution >= 0.6 is 39.9 Å². The van der Waals surface area contributed by atoms with Crippen LogP contribution in [0.15, 0.2) is 51.9 Å². The SMILES string of the molecule is CCNC(=NCc1cccc(C(=O)NC)c1)NCCCc1ccc(Br)cc1F.I. The molecule has 0 aliphatic heterocycles. The minimum atomic E-state index is -0.189. The fourth-order valence-corrected chi connectivity index (χ4v) is 3.01. The molecule has 2 aromatic carbocycles. The molecule has 0 heterocycles. The van der Waals surface area contributed by atoms with Crippen LogP contribution < -0.4 is 16.0 Å². The molecule has 29 heavy (non-hydrogen) atoms. The van der Waals surface area contributed by atoms with Crippen molar-refractivity contribution in [3.8, 4) is 0 Å². The molecule has 0 spiro atoms. The van der Waals surface area contributed by atoms with Crippen LogP contribution in [0.1, 0.15) is 34.8 Å². The first kappa shape index (κ1) is 25.4. The molecule has 0 atom stereocenters. The average molecular weight is 577 g/mol. The quantitative estimate of drug-likeness (QED) is 0.190. The molecule has 3 N–H and O–H groups in total. The third-order valence-corrected chi connectivity index (χ3v) is 4.60. The molecule has 0 saturated heterocycles. The molecule has 5 nitrogen and oxygen atoms in total. The van der Waals surface area contributed by atoms with Crippen molar-refractivity contribution < 1.29 is 9.18 Å². The number of nitrogens with one attached hydrogen (secondary N) is 3. The Kier molecular flexibility index (Phi) is 11.8. The van der Waals surface area contributed by atoms with Crippen LogP contribution in [-0.2, 0) is 13.0 Å². The van der Waals surface area contributed by atoms with Gasteiger partial charge in [0, 0.05) is 30.2 Å². The number of amides is 1. The van der Waals surface area contributed by atoms with Crippen molar-refractivity contribution in [1.82, 2.24) is 16.0 Å². The lowest BCUT2D eigenvalue weighted by Gasteiger charge is -2.12. The van der Waals surface area contributed by atoms with E-state index in [0.717, 1.165) is 23.0 Å². The zero-order valence-corrected chi connectivity index (χ0v) is 20.5. The number of benzene rings is 2. The summed E-state index contributed by atoms with van der Waals surface area (Å²) in [5, 5.41) is 9.09. The summed E-state index contributed by atoms with van der Waals surface area (Å²) < 4.78 is 14.6. The molecule has 1 amide bonds. The first-order valence-corrected chi connectivity index (χ1v) is 10.1. The minimum absolute atomic E-state index is 0. The lowest BCUT2D eigenvalue weighted by Crippen LogP contribution is -2.37. The molecule has 0 aliphatic rings. The number of halogens is 3. The molecule has 8 heteroatoms. The number of nitrogens with zero attached hydrogens (tertiary/aromatic N) is 1. The second-order valence-electron chi connectivity index (χ2n) is 6.24. The maximum absolute atomic E-state index is 13.9. The smallest absolute Gasteiger partial charge is 0.251 e. The Morgan fingerprint density at radius 1 is 1.17 bits per heavy atom. The third-order valence-electron chi connectivity index (χ3n) is 4.11. The Morgan fingerprint density at radius 3 is 2.66 bits per heavy atom. The molecule has 0 saturated carbocycles. The van der Waals surface area contributed by atoms with E-state index in [1.54, 1.807) is 19.2 Å². The monoisotopic (exact) mass is 576 g/mol. The van der Waals surface area contributed by atoms with Gasteiger partial charge in [-0.05, 0) is 55.2 Å². The highest BCUT2D eigenvalue weighted by Crippen LogP contribution is 2.16. The largest absolute Gasteiger partial charge is 0.357 e. The molecule has 0 aromatic heterocycles. The fraction of sp³-hybridized carbons (Fsp3) is 0.333. The fourth-order valence-electron chi connectivity index (χ4n) is 2.68. The van der Waals surface area contributed by atoms with Gasteiger partial charge >= 0.3 is 0 Å². The van der Waals surface area contributed by atoms with Crippen LogP contribution in [0.5, 0.6) is 0 Å². The van der Waals surface area contributed by atoms with E-state index in [0.29, 0.717) is 36.6 Å². The lowest BCUT2D eigenvalue weighted by atomic mass is 10.1. The van der Waals surface area contributed by atoms with E-state index in [1.165, 1.54) is 6.07 Å². The van der Waals surface area contributed by atoms with Crippen LogP contribution in [0.3, 0.4) is 0 Å². The van der Waals surface area contributed by atoms with Gasteiger partial charge in [0.25, 0.3) is 5.91 Å². The maximum Gasteiger partial charge on any atom is 0.251 e. The second-order valence-corrected chi connectivity index (χ2v) is 7.16. The van der Waals surface area contributed by atoms with E-state index in [-0.39, 0.29) is 35.7 Å². The number of hydrogen-bond acceptors (Lipinski definition) is 2. The standard InChI is InChI=1S/C21H26BrFN4O.HI/c1-3-25-21(26-11-5-8-16-9-10-18(22)13-19(16)23)27-14-15-6-4-7-17(12-15)20(28)24-2;/h4,6-7,9-10,12-13H,3,5,8,11,14H2,1-2H3,(H,24,28)(H2,25,26,27);1H. The summed E-state index contributed by atoms with van der Waals surface area (Å²) in [5.41, 5.74) is 2.28. The van der Waals surface area contributed by atoms with E-state index in [9.17, 15) is 9.18 Å². The molecule has 0 aliphatic carbocycles. The molecule has 0 bridgehead atoms. The van der Waals surface area contributed by atoms with E-state index in [4.69, 9.17) is 0 Å². The van der Waals surface area contributed by atoms with Gasteiger partial charge in [0.2, 0.25) is 0 Å². The summed E-state index contributed by atoms with van der Waals surface area (Å²) in [5.74, 6) is 0.395. The zero-order valence-electron chi connectivity index (χ0n) is 16.6. The number of carbonyl (C=O) groups excluding carboxylic acids is 1. The highest BCUT2D eigenvalue weighted by molar-refractivity contribution is 14.0. The molecule has 0 unspecified atom stereocenters. The normalized spacial score (nSPS) is 10.8. The first-order chi connectivity index (χ1) is 13.5. The molecule has 2 rings (SSSR count). The van der Waals surface area contributed by atoms with Gasteiger partial charge < -0.3 is 16.0 Å². The van der Waals surface area contributed by atoms with Crippen molar-refractivity contribution in [2.45, 2.75) is 26.3 Å². The molecular weight excluding hydrogens is 550 g/mol. The van der Waals surface area contributed by atoms with E-state index < -0.39 is 0 Å². The molecule has 0 fully saturated rings. The summed E-state index contributed by atoms with van der Waals surface area (Å²) in [6, 6.07) is 12.5. The van der Waals surface area contributed by atoms with Crippen molar-refractivity contribution in [3.63, 3.8) is 0 Å². The topological polar surface area (TPSA) is 65.5 Å². The number of hydrogen-bond donors (Lipinski definition) is 3. The highest BCUT2D eigenvalue weighted by Gasteiger charge is 2.05. The van der Waals surface area contributed by atoms with Crippen LogP contribution in [0.4, 0.5) is 4.39 Å². The predicted molar refractivity (Wildman–Crippen MR) is 130 cm³/mol. The van der Waals surface area contributed by atoms with E-state index in [1.807, 2.05) is 31.2 Å². The zero-order chi connectivity index (χ0) is 20.4. The number of aliphatic imine (C=N–C) groups is 1. The molecule has 158 valence electrons. The second kappa shape index (κ2) is 13.5. The Balaban J connectivity index is 0.00000420. The van der Waals surface area contributed by atoms with Crippen molar-refractivity contribution >= 4 is 51.8 Å². The highest BCUT2D eigenvalue weighted by atomic mass is 127. The number of guanidine groups is 1. The predicted octanol–water partition coefficient (Wildman–Crippen LogP) is 4.25. The number of aryl methyl sites for hydroxylation is 1. The van der Waals surface area contributed by atoms with Gasteiger partial charge in [-0.15, -0.1) is 24.0 Å². The van der Waals surface area contributed by atoms with Gasteiger partial charge in [0.05, 0.1) is 6.54 Å². The molecule has 0 radical (unpaired) electrons. The summed E-state index contributed by atoms with van der Waals surface area (Å²) in [6.07, 6.45) is 1.44. The van der Waals surface area contributed by atoms with Gasteiger partial charge in [-0.3, -0.25) is 4.79 Å². The summed E-state index contributed by atoms with van der Waals surface area (Å²) in [4.78, 5) is 16.3. The first-order valence-electron chi connectivity index (χ1n) is 9.30. The van der Waals surface area contributed by atoms with Crippen molar-refractivity contribution in [3.05, 3.63) is 69.4 Å². The van der Waals surface area contributed by atoms with Gasteiger partial charge in [-0.25, -0.2) is 9.38 Å². The number of rotatable bonds is 8. The van der Waals surface area contributed by atoms with E-state index in [2.05, 4.69) is 36.9 Å². The third kappa shape index (κ3) is 8.69. The molecule has 2 aromatic rings. The van der Waals surface area contributed by atoms with Crippen molar-refractivity contribution in [2.24, 2.45) is 4.99 Å². The Hall–Kier alpha value is -1.68. The van der Waals surface area contributed by atoms with Crippen LogP contribution in [-0.4, -0.2) is 32.0 Å². The average Bonchev–Trinajstić information content (AvgIpc) is 2.70. The Morgan fingerprint density at radius 2 is 1.97 bits per heavy atom. The van der Waals surface area contributed by atoms with Gasteiger partial charge in [0.15, 0.2) is 5.96 Å². The van der Waals surface area contributed by atoms with Crippen LogP contribution in [0.2, 0.25) is 0 Å². The summed E-state index contributed by atoms with van der Waals surface area (Å²) >= 11 is 3.27. The van der Waals surface area contributed by atoms with Gasteiger partial charge in [0.1, 0.15) is 5.82 Å².